The van der Waals surface area contributed by atoms with Crippen LogP contribution in [0.3, 0.4) is 0 Å². The second-order valence-electron chi connectivity index (χ2n) is 6.17. The highest BCUT2D eigenvalue weighted by molar-refractivity contribution is 5.85. The van der Waals surface area contributed by atoms with Gasteiger partial charge >= 0.3 is 6.09 Å². The summed E-state index contributed by atoms with van der Waals surface area (Å²) in [5.41, 5.74) is -0.0713. The number of rotatable bonds is 1. The Morgan fingerprint density at radius 3 is 2.35 bits per heavy atom. The lowest BCUT2D eigenvalue weighted by molar-refractivity contribution is -0.0426. The zero-order chi connectivity index (χ0) is 12.0. The van der Waals surface area contributed by atoms with Gasteiger partial charge in [0.25, 0.3) is 0 Å². The summed E-state index contributed by atoms with van der Waals surface area (Å²) in [6.07, 6.45) is 2.54. The van der Waals surface area contributed by atoms with E-state index in [0.717, 1.165) is 25.9 Å². The van der Waals surface area contributed by atoms with Gasteiger partial charge in [-0.2, -0.15) is 0 Å². The van der Waals surface area contributed by atoms with Crippen molar-refractivity contribution >= 4 is 18.5 Å². The molecule has 2 aliphatic rings. The van der Waals surface area contributed by atoms with Gasteiger partial charge < -0.3 is 10.4 Å². The molecular formula is C12H23ClN2O2. The van der Waals surface area contributed by atoms with E-state index < -0.39 is 6.09 Å². The first kappa shape index (κ1) is 14.6. The van der Waals surface area contributed by atoms with Crippen LogP contribution in [0.15, 0.2) is 0 Å². The van der Waals surface area contributed by atoms with Gasteiger partial charge in [-0.3, -0.25) is 4.90 Å². The number of halogens is 1. The molecule has 4 nitrogen and oxygen atoms in total. The van der Waals surface area contributed by atoms with Crippen molar-refractivity contribution in [2.24, 2.45) is 5.41 Å². The van der Waals surface area contributed by atoms with Gasteiger partial charge in [0.05, 0.1) is 0 Å². The second-order valence-corrected chi connectivity index (χ2v) is 6.17. The predicted octanol–water partition coefficient (Wildman–Crippen LogP) is 2.33. The summed E-state index contributed by atoms with van der Waals surface area (Å²) in [5.74, 6) is 0. The van der Waals surface area contributed by atoms with Gasteiger partial charge in [-0.1, -0.05) is 0 Å². The summed E-state index contributed by atoms with van der Waals surface area (Å²) >= 11 is 0. The number of carboxylic acid groups (broad SMARTS) is 1. The summed E-state index contributed by atoms with van der Waals surface area (Å²) in [5, 5.41) is 12.8. The van der Waals surface area contributed by atoms with Crippen LogP contribution in [0, 0.1) is 5.41 Å². The van der Waals surface area contributed by atoms with Crippen LogP contribution >= 0.6 is 12.4 Å². The lowest BCUT2D eigenvalue weighted by atomic mass is 9.62. The lowest BCUT2D eigenvalue weighted by Crippen LogP contribution is -2.63. The molecule has 2 unspecified atom stereocenters. The molecule has 0 radical (unpaired) electrons. The third kappa shape index (κ3) is 2.38. The summed E-state index contributed by atoms with van der Waals surface area (Å²) < 4.78 is 0. The maximum atomic E-state index is 11.4. The maximum absolute atomic E-state index is 11.4. The summed E-state index contributed by atoms with van der Waals surface area (Å²) in [6, 6.07) is 0.208. The van der Waals surface area contributed by atoms with Crippen LogP contribution in [0.2, 0.25) is 0 Å². The van der Waals surface area contributed by atoms with Gasteiger partial charge in [-0.15, -0.1) is 12.4 Å². The molecular weight excluding hydrogens is 240 g/mol. The average molecular weight is 263 g/mol. The van der Waals surface area contributed by atoms with E-state index in [9.17, 15) is 9.90 Å². The van der Waals surface area contributed by atoms with Gasteiger partial charge in [0.15, 0.2) is 0 Å². The van der Waals surface area contributed by atoms with E-state index in [1.165, 1.54) is 6.42 Å². The molecule has 2 atom stereocenters. The van der Waals surface area contributed by atoms with Crippen LogP contribution < -0.4 is 5.32 Å². The Balaban J connectivity index is 0.00000144. The summed E-state index contributed by atoms with van der Waals surface area (Å²) in [6.45, 7) is 7.96. The van der Waals surface area contributed by atoms with Crippen molar-refractivity contribution in [3.63, 3.8) is 0 Å². The van der Waals surface area contributed by atoms with Crippen molar-refractivity contribution in [1.29, 1.82) is 0 Å². The fourth-order valence-corrected chi connectivity index (χ4v) is 3.23. The average Bonchev–Trinajstić information content (AvgIpc) is 2.60. The molecule has 2 N–H and O–H groups in total. The molecule has 1 amide bonds. The third-order valence-electron chi connectivity index (χ3n) is 4.14. The highest BCUT2D eigenvalue weighted by Crippen LogP contribution is 2.50. The quantitative estimate of drug-likeness (QED) is 0.763. The molecule has 1 saturated heterocycles. The number of carbonyl (C=O) groups is 1. The van der Waals surface area contributed by atoms with Crippen LogP contribution in [0.5, 0.6) is 0 Å². The highest BCUT2D eigenvalue weighted by Gasteiger charge is 2.54. The Hall–Kier alpha value is -0.480. The largest absolute Gasteiger partial charge is 0.465 e. The van der Waals surface area contributed by atoms with E-state index in [-0.39, 0.29) is 29.4 Å². The van der Waals surface area contributed by atoms with Gasteiger partial charge in [-0.25, -0.2) is 4.79 Å². The molecule has 17 heavy (non-hydrogen) atoms. The Labute approximate surface area is 109 Å². The molecule has 1 saturated carbocycles. The van der Waals surface area contributed by atoms with E-state index in [2.05, 4.69) is 5.32 Å². The smallest absolute Gasteiger partial charge is 0.408 e. The van der Waals surface area contributed by atoms with Crippen LogP contribution in [-0.2, 0) is 0 Å². The normalized spacial score (nSPS) is 31.8. The maximum Gasteiger partial charge on any atom is 0.408 e. The summed E-state index contributed by atoms with van der Waals surface area (Å²) in [4.78, 5) is 13.1. The monoisotopic (exact) mass is 262 g/mol. The minimum atomic E-state index is -0.775. The lowest BCUT2D eigenvalue weighted by Gasteiger charge is -2.55. The van der Waals surface area contributed by atoms with E-state index >= 15 is 0 Å². The number of nitrogens with one attached hydrogen (secondary N) is 1. The van der Waals surface area contributed by atoms with Gasteiger partial charge in [-0.05, 0) is 46.6 Å². The van der Waals surface area contributed by atoms with E-state index in [4.69, 9.17) is 0 Å². The van der Waals surface area contributed by atoms with Crippen LogP contribution in [0.1, 0.15) is 40.0 Å². The molecule has 0 aromatic carbocycles. The number of hydrogen-bond donors (Lipinski definition) is 2. The van der Waals surface area contributed by atoms with Crippen molar-refractivity contribution in [1.82, 2.24) is 10.2 Å². The number of hydrogen-bond acceptors (Lipinski definition) is 2. The molecule has 100 valence electrons. The molecule has 0 aromatic heterocycles. The van der Waals surface area contributed by atoms with Crippen LogP contribution in [0.4, 0.5) is 4.79 Å². The molecule has 1 heterocycles. The molecule has 1 aliphatic heterocycles. The molecule has 1 aliphatic carbocycles. The van der Waals surface area contributed by atoms with E-state index in [0.29, 0.717) is 0 Å². The minimum absolute atomic E-state index is 0. The molecule has 5 heteroatoms. The molecule has 1 spiro atoms. The fraction of sp³-hybridized carbons (Fsp3) is 0.917. The molecule has 0 aromatic rings. The van der Waals surface area contributed by atoms with Crippen LogP contribution in [-0.4, -0.2) is 40.8 Å². The molecule has 2 rings (SSSR count). The SMILES string of the molecule is CC(C)(C)N(C(=O)O)C1CCC12CCNC2.Cl. The Morgan fingerprint density at radius 1 is 1.41 bits per heavy atom. The molecule has 0 bridgehead atoms. The van der Waals surface area contributed by atoms with Gasteiger partial charge in [0, 0.05) is 23.5 Å². The van der Waals surface area contributed by atoms with Crippen molar-refractivity contribution < 1.29 is 9.90 Å². The standard InChI is InChI=1S/C12H22N2O2.ClH/c1-11(2,3)14(10(15)16)9-4-5-12(9)6-7-13-8-12;/h9,13H,4-8H2,1-3H3,(H,15,16);1H. The van der Waals surface area contributed by atoms with E-state index in [1.807, 2.05) is 20.8 Å². The van der Waals surface area contributed by atoms with Crippen molar-refractivity contribution in [2.75, 3.05) is 13.1 Å². The van der Waals surface area contributed by atoms with Crippen molar-refractivity contribution in [3.8, 4) is 0 Å². The van der Waals surface area contributed by atoms with Gasteiger partial charge in [0.1, 0.15) is 0 Å². The molecule has 2 fully saturated rings. The zero-order valence-electron chi connectivity index (χ0n) is 10.8. The summed E-state index contributed by atoms with van der Waals surface area (Å²) in [7, 11) is 0. The third-order valence-corrected chi connectivity index (χ3v) is 4.14. The first-order chi connectivity index (χ1) is 7.37. The zero-order valence-corrected chi connectivity index (χ0v) is 11.6. The highest BCUT2D eigenvalue weighted by atomic mass is 35.5. The fourth-order valence-electron chi connectivity index (χ4n) is 3.23. The Morgan fingerprint density at radius 2 is 2.06 bits per heavy atom. The van der Waals surface area contributed by atoms with Crippen LogP contribution in [0.25, 0.3) is 0 Å². The van der Waals surface area contributed by atoms with E-state index in [1.54, 1.807) is 4.90 Å². The number of nitrogens with zero attached hydrogens (tertiary/aromatic N) is 1. The minimum Gasteiger partial charge on any atom is -0.465 e. The van der Waals surface area contributed by atoms with Crippen molar-refractivity contribution in [3.05, 3.63) is 0 Å². The first-order valence-corrected chi connectivity index (χ1v) is 6.10. The predicted molar refractivity (Wildman–Crippen MR) is 69.8 cm³/mol. The Bertz CT molecular complexity index is 295. The topological polar surface area (TPSA) is 52.6 Å². The van der Waals surface area contributed by atoms with Crippen molar-refractivity contribution in [2.45, 2.75) is 51.6 Å². The first-order valence-electron chi connectivity index (χ1n) is 6.10. The van der Waals surface area contributed by atoms with Gasteiger partial charge in [0.2, 0.25) is 0 Å². The second kappa shape index (κ2) is 4.65. The number of amides is 1. The Kier molecular flexibility index (Phi) is 3.99.